The van der Waals surface area contributed by atoms with Gasteiger partial charge < -0.3 is 14.8 Å². The van der Waals surface area contributed by atoms with Crippen molar-refractivity contribution in [2.45, 2.75) is 39.8 Å². The Balaban J connectivity index is 1.83. The highest BCUT2D eigenvalue weighted by Gasteiger charge is 2.41. The highest BCUT2D eigenvalue weighted by molar-refractivity contribution is 7.80. The number of halogens is 1. The van der Waals surface area contributed by atoms with Crippen LogP contribution in [0.3, 0.4) is 0 Å². The zero-order chi connectivity index (χ0) is 21.4. The van der Waals surface area contributed by atoms with Crippen molar-refractivity contribution in [2.24, 2.45) is 5.92 Å². The molecule has 1 aromatic carbocycles. The normalized spacial score (nSPS) is 18.9. The second-order valence-corrected chi connectivity index (χ2v) is 9.13. The Bertz CT molecular complexity index is 1040. The Hall–Kier alpha value is -2.37. The molecule has 0 radical (unpaired) electrons. The van der Waals surface area contributed by atoms with E-state index in [2.05, 4.69) is 71.7 Å². The molecule has 30 heavy (non-hydrogen) atoms. The molecule has 1 saturated heterocycles. The fraction of sp³-hybridized carbons (Fsp3) is 0.333. The SMILES string of the molecule is Cc1cc([C@@H]2[C@H](c3ccccn3)NC(=S)N2CC(C)C)c(C)n1-c1ccc(Cl)cc1. The van der Waals surface area contributed by atoms with Crippen molar-refractivity contribution >= 4 is 28.9 Å². The van der Waals surface area contributed by atoms with E-state index in [1.165, 1.54) is 17.0 Å². The van der Waals surface area contributed by atoms with Crippen molar-refractivity contribution in [1.82, 2.24) is 19.8 Å². The lowest BCUT2D eigenvalue weighted by molar-refractivity contribution is 0.287. The van der Waals surface area contributed by atoms with E-state index in [0.29, 0.717) is 5.92 Å². The van der Waals surface area contributed by atoms with E-state index in [0.717, 1.165) is 28.1 Å². The molecule has 0 bridgehead atoms. The van der Waals surface area contributed by atoms with E-state index in [1.54, 1.807) is 0 Å². The summed E-state index contributed by atoms with van der Waals surface area (Å²) in [5.74, 6) is 0.495. The van der Waals surface area contributed by atoms with Gasteiger partial charge in [-0.05, 0) is 80.0 Å². The molecular formula is C24H27ClN4S. The molecule has 1 fully saturated rings. The molecule has 0 saturated carbocycles. The molecule has 0 unspecified atom stereocenters. The van der Waals surface area contributed by atoms with Gasteiger partial charge in [0.05, 0.1) is 17.8 Å². The molecule has 3 aromatic rings. The molecule has 156 valence electrons. The van der Waals surface area contributed by atoms with Crippen molar-refractivity contribution in [3.63, 3.8) is 0 Å². The smallest absolute Gasteiger partial charge is 0.170 e. The molecule has 0 spiro atoms. The van der Waals surface area contributed by atoms with Crippen molar-refractivity contribution < 1.29 is 0 Å². The van der Waals surface area contributed by atoms with Crippen LogP contribution < -0.4 is 5.32 Å². The summed E-state index contributed by atoms with van der Waals surface area (Å²) in [6.07, 6.45) is 1.85. The lowest BCUT2D eigenvalue weighted by Crippen LogP contribution is -2.33. The fourth-order valence-electron chi connectivity index (χ4n) is 4.41. The quantitative estimate of drug-likeness (QED) is 0.512. The third-order valence-electron chi connectivity index (χ3n) is 5.63. The molecule has 4 rings (SSSR count). The summed E-state index contributed by atoms with van der Waals surface area (Å²) in [4.78, 5) is 6.97. The molecule has 4 nitrogen and oxygen atoms in total. The molecule has 3 heterocycles. The average molecular weight is 439 g/mol. The van der Waals surface area contributed by atoms with Gasteiger partial charge in [-0.2, -0.15) is 0 Å². The topological polar surface area (TPSA) is 33.1 Å². The van der Waals surface area contributed by atoms with Crippen LogP contribution in [0.2, 0.25) is 5.02 Å². The van der Waals surface area contributed by atoms with E-state index in [4.69, 9.17) is 23.8 Å². The van der Waals surface area contributed by atoms with Gasteiger partial charge in [0.15, 0.2) is 5.11 Å². The molecular weight excluding hydrogens is 412 g/mol. The van der Waals surface area contributed by atoms with Gasteiger partial charge >= 0.3 is 0 Å². The van der Waals surface area contributed by atoms with E-state index in [1.807, 2.05) is 30.5 Å². The molecule has 2 atom stereocenters. The molecule has 1 aliphatic heterocycles. The maximum Gasteiger partial charge on any atom is 0.170 e. The van der Waals surface area contributed by atoms with Crippen LogP contribution in [0.4, 0.5) is 0 Å². The van der Waals surface area contributed by atoms with Crippen LogP contribution in [0.5, 0.6) is 0 Å². The third kappa shape index (κ3) is 3.84. The van der Waals surface area contributed by atoms with Gasteiger partial charge in [0.1, 0.15) is 0 Å². The van der Waals surface area contributed by atoms with E-state index >= 15 is 0 Å². The van der Waals surface area contributed by atoms with Crippen LogP contribution in [0, 0.1) is 19.8 Å². The van der Waals surface area contributed by atoms with Crippen molar-refractivity contribution in [1.29, 1.82) is 0 Å². The molecule has 0 aliphatic carbocycles. The number of thiocarbonyl (C=S) groups is 1. The van der Waals surface area contributed by atoms with Crippen LogP contribution in [0.1, 0.15) is 48.6 Å². The van der Waals surface area contributed by atoms with Crippen LogP contribution >= 0.6 is 23.8 Å². The first-order chi connectivity index (χ1) is 14.4. The average Bonchev–Trinajstić information content (AvgIpc) is 3.19. The van der Waals surface area contributed by atoms with Gasteiger partial charge in [-0.1, -0.05) is 31.5 Å². The minimum atomic E-state index is 0.0108. The lowest BCUT2D eigenvalue weighted by atomic mass is 9.96. The summed E-state index contributed by atoms with van der Waals surface area (Å²) in [6, 6.07) is 16.4. The van der Waals surface area contributed by atoms with E-state index in [9.17, 15) is 0 Å². The Labute approximate surface area is 188 Å². The van der Waals surface area contributed by atoms with Crippen LogP contribution in [0.25, 0.3) is 5.69 Å². The standard InChI is InChI=1S/C24H27ClN4S/c1-15(2)14-28-23(22(27-24(28)30)21-7-5-6-12-26-21)20-13-16(3)29(17(20)4)19-10-8-18(25)9-11-19/h5-13,15,22-23H,14H2,1-4H3,(H,27,30)/t22-,23+/m0/s1. The van der Waals surface area contributed by atoms with Crippen LogP contribution in [-0.2, 0) is 0 Å². The first kappa shape index (κ1) is 20.9. The number of aromatic nitrogens is 2. The second kappa shape index (κ2) is 8.40. The number of benzene rings is 1. The summed E-state index contributed by atoms with van der Waals surface area (Å²) in [5.41, 5.74) is 5.78. The molecule has 1 N–H and O–H groups in total. The summed E-state index contributed by atoms with van der Waals surface area (Å²) >= 11 is 11.9. The molecule has 0 amide bonds. The van der Waals surface area contributed by atoms with Gasteiger partial charge in [0, 0.05) is 34.8 Å². The monoisotopic (exact) mass is 438 g/mol. The van der Waals surface area contributed by atoms with Gasteiger partial charge in [-0.3, -0.25) is 4.98 Å². The fourth-order valence-corrected chi connectivity index (χ4v) is 4.85. The first-order valence-corrected chi connectivity index (χ1v) is 11.1. The van der Waals surface area contributed by atoms with Crippen molar-refractivity contribution in [3.05, 3.63) is 82.4 Å². The highest BCUT2D eigenvalue weighted by Crippen LogP contribution is 2.41. The zero-order valence-electron chi connectivity index (χ0n) is 17.8. The molecule has 2 aromatic heterocycles. The Morgan fingerprint density at radius 2 is 1.87 bits per heavy atom. The Morgan fingerprint density at radius 1 is 1.13 bits per heavy atom. The van der Waals surface area contributed by atoms with Gasteiger partial charge in [-0.15, -0.1) is 0 Å². The number of rotatable bonds is 5. The maximum absolute atomic E-state index is 6.11. The predicted molar refractivity (Wildman–Crippen MR) is 127 cm³/mol. The van der Waals surface area contributed by atoms with Gasteiger partial charge in [0.2, 0.25) is 0 Å². The van der Waals surface area contributed by atoms with Crippen LogP contribution in [0.15, 0.2) is 54.7 Å². The summed E-state index contributed by atoms with van der Waals surface area (Å²) in [5, 5.41) is 5.08. The number of hydrogen-bond donors (Lipinski definition) is 1. The first-order valence-electron chi connectivity index (χ1n) is 10.3. The second-order valence-electron chi connectivity index (χ2n) is 8.31. The van der Waals surface area contributed by atoms with E-state index in [-0.39, 0.29) is 12.1 Å². The largest absolute Gasteiger partial charge is 0.352 e. The number of pyridine rings is 1. The number of hydrogen-bond acceptors (Lipinski definition) is 2. The Kier molecular flexibility index (Phi) is 5.85. The highest BCUT2D eigenvalue weighted by atomic mass is 35.5. The summed E-state index contributed by atoms with van der Waals surface area (Å²) < 4.78 is 2.29. The minimum Gasteiger partial charge on any atom is -0.352 e. The Morgan fingerprint density at radius 3 is 2.50 bits per heavy atom. The predicted octanol–water partition coefficient (Wildman–Crippen LogP) is 5.77. The number of nitrogens with zero attached hydrogens (tertiary/aromatic N) is 3. The maximum atomic E-state index is 6.11. The van der Waals surface area contributed by atoms with Crippen molar-refractivity contribution in [2.75, 3.05) is 6.54 Å². The minimum absolute atomic E-state index is 0.0108. The van der Waals surface area contributed by atoms with Crippen LogP contribution in [-0.4, -0.2) is 26.1 Å². The summed E-state index contributed by atoms with van der Waals surface area (Å²) in [7, 11) is 0. The van der Waals surface area contributed by atoms with Gasteiger partial charge in [-0.25, -0.2) is 0 Å². The zero-order valence-corrected chi connectivity index (χ0v) is 19.3. The molecule has 1 aliphatic rings. The van der Waals surface area contributed by atoms with Crippen molar-refractivity contribution in [3.8, 4) is 5.69 Å². The number of nitrogens with one attached hydrogen (secondary N) is 1. The molecule has 6 heteroatoms. The third-order valence-corrected chi connectivity index (χ3v) is 6.24. The van der Waals surface area contributed by atoms with E-state index < -0.39 is 0 Å². The van der Waals surface area contributed by atoms with Gasteiger partial charge in [0.25, 0.3) is 0 Å². The number of aryl methyl sites for hydroxylation is 1. The summed E-state index contributed by atoms with van der Waals surface area (Å²) in [6.45, 7) is 9.68. The lowest BCUT2D eigenvalue weighted by Gasteiger charge is -2.29.